The summed E-state index contributed by atoms with van der Waals surface area (Å²) in [5, 5.41) is 15.0. The molecule has 0 unspecified atom stereocenters. The molecule has 1 heterocycles. The predicted octanol–water partition coefficient (Wildman–Crippen LogP) is 3.92. The van der Waals surface area contributed by atoms with Crippen molar-refractivity contribution in [1.82, 2.24) is 15.2 Å². The standard InChI is InChI=1S/C17H27N5/c1-3-7-14(8-4-1)11-12-18-16-13-19-22-17(21-16)20-15-9-5-2-6-10-15/h7,13,15H,1-6,8-12H2,(H2,18,20,21,22). The van der Waals surface area contributed by atoms with Crippen molar-refractivity contribution in [3.8, 4) is 0 Å². The minimum absolute atomic E-state index is 0.512. The Kier molecular flexibility index (Phi) is 5.62. The second-order valence-electron chi connectivity index (χ2n) is 6.43. The quantitative estimate of drug-likeness (QED) is 0.780. The van der Waals surface area contributed by atoms with E-state index in [0.29, 0.717) is 12.0 Å². The third-order valence-electron chi connectivity index (χ3n) is 4.63. The number of anilines is 2. The molecular weight excluding hydrogens is 274 g/mol. The Balaban J connectivity index is 1.46. The van der Waals surface area contributed by atoms with Gasteiger partial charge < -0.3 is 10.6 Å². The van der Waals surface area contributed by atoms with E-state index in [1.807, 2.05) is 0 Å². The topological polar surface area (TPSA) is 62.7 Å². The van der Waals surface area contributed by atoms with Crippen LogP contribution in [0.2, 0.25) is 0 Å². The highest BCUT2D eigenvalue weighted by atomic mass is 15.3. The summed E-state index contributed by atoms with van der Waals surface area (Å²) < 4.78 is 0. The summed E-state index contributed by atoms with van der Waals surface area (Å²) in [4.78, 5) is 4.53. The monoisotopic (exact) mass is 301 g/mol. The van der Waals surface area contributed by atoms with Crippen molar-refractivity contribution in [2.24, 2.45) is 0 Å². The van der Waals surface area contributed by atoms with Crippen LogP contribution in [0.3, 0.4) is 0 Å². The van der Waals surface area contributed by atoms with E-state index in [9.17, 15) is 0 Å². The summed E-state index contributed by atoms with van der Waals surface area (Å²) in [6, 6.07) is 0.512. The van der Waals surface area contributed by atoms with Gasteiger partial charge in [-0.15, -0.1) is 5.10 Å². The maximum Gasteiger partial charge on any atom is 0.244 e. The lowest BCUT2D eigenvalue weighted by atomic mass is 9.96. The van der Waals surface area contributed by atoms with Gasteiger partial charge >= 0.3 is 0 Å². The molecule has 0 spiro atoms. The van der Waals surface area contributed by atoms with Gasteiger partial charge in [0.15, 0.2) is 5.82 Å². The molecule has 3 rings (SSSR count). The second-order valence-corrected chi connectivity index (χ2v) is 6.43. The highest BCUT2D eigenvalue weighted by Gasteiger charge is 2.14. The number of allylic oxidation sites excluding steroid dienone is 1. The van der Waals surface area contributed by atoms with Gasteiger partial charge in [-0.05, 0) is 44.9 Å². The zero-order chi connectivity index (χ0) is 15.0. The first-order chi connectivity index (χ1) is 10.9. The van der Waals surface area contributed by atoms with E-state index in [0.717, 1.165) is 18.8 Å². The van der Waals surface area contributed by atoms with E-state index in [4.69, 9.17) is 0 Å². The molecular formula is C17H27N5. The van der Waals surface area contributed by atoms with Crippen LogP contribution in [-0.4, -0.2) is 27.8 Å². The summed E-state index contributed by atoms with van der Waals surface area (Å²) in [5.41, 5.74) is 1.58. The molecule has 2 aliphatic carbocycles. The van der Waals surface area contributed by atoms with Crippen molar-refractivity contribution in [3.05, 3.63) is 17.8 Å². The van der Waals surface area contributed by atoms with Gasteiger partial charge in [0, 0.05) is 12.6 Å². The summed E-state index contributed by atoms with van der Waals surface area (Å²) in [6.07, 6.45) is 16.8. The Morgan fingerprint density at radius 2 is 2.00 bits per heavy atom. The number of rotatable bonds is 6. The molecule has 5 nitrogen and oxygen atoms in total. The normalized spacial score (nSPS) is 19.5. The van der Waals surface area contributed by atoms with Crippen LogP contribution >= 0.6 is 0 Å². The molecule has 1 aromatic heterocycles. The van der Waals surface area contributed by atoms with Crippen LogP contribution in [0.5, 0.6) is 0 Å². The van der Waals surface area contributed by atoms with Crippen molar-refractivity contribution >= 4 is 11.8 Å². The van der Waals surface area contributed by atoms with Gasteiger partial charge in [-0.25, -0.2) is 0 Å². The SMILES string of the molecule is C1=C(CCNc2cnnc(NC3CCCCC3)n2)CCCC1. The minimum atomic E-state index is 0.512. The smallest absolute Gasteiger partial charge is 0.244 e. The summed E-state index contributed by atoms with van der Waals surface area (Å²) in [6.45, 7) is 0.924. The Morgan fingerprint density at radius 3 is 2.82 bits per heavy atom. The molecule has 0 bridgehead atoms. The molecule has 0 saturated heterocycles. The molecule has 2 aliphatic rings. The van der Waals surface area contributed by atoms with E-state index < -0.39 is 0 Å². The molecule has 0 aliphatic heterocycles. The fourth-order valence-corrected chi connectivity index (χ4v) is 3.36. The van der Waals surface area contributed by atoms with Gasteiger partial charge in [-0.2, -0.15) is 10.1 Å². The average molecular weight is 301 g/mol. The number of nitrogens with one attached hydrogen (secondary N) is 2. The third kappa shape index (κ3) is 4.68. The van der Waals surface area contributed by atoms with E-state index in [-0.39, 0.29) is 0 Å². The Hall–Kier alpha value is -1.65. The van der Waals surface area contributed by atoms with Crippen molar-refractivity contribution in [3.63, 3.8) is 0 Å². The van der Waals surface area contributed by atoms with Gasteiger partial charge in [0.1, 0.15) is 0 Å². The number of nitrogens with zero attached hydrogens (tertiary/aromatic N) is 3. The molecule has 1 fully saturated rings. The number of hydrogen-bond donors (Lipinski definition) is 2. The van der Waals surface area contributed by atoms with Crippen LogP contribution in [0.1, 0.15) is 64.2 Å². The molecule has 1 saturated carbocycles. The lowest BCUT2D eigenvalue weighted by Gasteiger charge is -2.22. The fourth-order valence-electron chi connectivity index (χ4n) is 3.36. The Morgan fingerprint density at radius 1 is 1.09 bits per heavy atom. The molecule has 2 N–H and O–H groups in total. The van der Waals surface area contributed by atoms with Crippen LogP contribution in [0.25, 0.3) is 0 Å². The molecule has 22 heavy (non-hydrogen) atoms. The van der Waals surface area contributed by atoms with E-state index in [2.05, 4.69) is 31.9 Å². The first-order valence-corrected chi connectivity index (χ1v) is 8.78. The van der Waals surface area contributed by atoms with Crippen molar-refractivity contribution in [2.75, 3.05) is 17.2 Å². The highest BCUT2D eigenvalue weighted by Crippen LogP contribution is 2.21. The molecule has 0 aromatic carbocycles. The van der Waals surface area contributed by atoms with Crippen LogP contribution in [0.15, 0.2) is 17.8 Å². The lowest BCUT2D eigenvalue weighted by Crippen LogP contribution is -2.24. The summed E-state index contributed by atoms with van der Waals surface area (Å²) in [7, 11) is 0. The third-order valence-corrected chi connectivity index (χ3v) is 4.63. The maximum absolute atomic E-state index is 4.53. The second kappa shape index (κ2) is 8.11. The van der Waals surface area contributed by atoms with Crippen LogP contribution < -0.4 is 10.6 Å². The predicted molar refractivity (Wildman–Crippen MR) is 90.0 cm³/mol. The molecule has 5 heteroatoms. The van der Waals surface area contributed by atoms with Gasteiger partial charge in [0.25, 0.3) is 0 Å². The van der Waals surface area contributed by atoms with E-state index in [1.54, 1.807) is 11.8 Å². The Labute approximate surface area is 133 Å². The number of hydrogen-bond acceptors (Lipinski definition) is 5. The van der Waals surface area contributed by atoms with Gasteiger partial charge in [-0.1, -0.05) is 30.9 Å². The molecule has 0 atom stereocenters. The van der Waals surface area contributed by atoms with Crippen LogP contribution in [-0.2, 0) is 0 Å². The summed E-state index contributed by atoms with van der Waals surface area (Å²) in [5.74, 6) is 1.48. The first kappa shape index (κ1) is 15.3. The molecule has 0 amide bonds. The van der Waals surface area contributed by atoms with Gasteiger partial charge in [0.2, 0.25) is 5.95 Å². The zero-order valence-corrected chi connectivity index (χ0v) is 13.4. The van der Waals surface area contributed by atoms with Crippen molar-refractivity contribution in [1.29, 1.82) is 0 Å². The first-order valence-electron chi connectivity index (χ1n) is 8.78. The molecule has 120 valence electrons. The average Bonchev–Trinajstić information content (AvgIpc) is 2.57. The Bertz CT molecular complexity index is 494. The zero-order valence-electron chi connectivity index (χ0n) is 13.4. The summed E-state index contributed by atoms with van der Waals surface area (Å²) >= 11 is 0. The maximum atomic E-state index is 4.53. The van der Waals surface area contributed by atoms with Crippen LogP contribution in [0, 0.1) is 0 Å². The highest BCUT2D eigenvalue weighted by molar-refractivity contribution is 5.37. The van der Waals surface area contributed by atoms with E-state index in [1.165, 1.54) is 57.8 Å². The van der Waals surface area contributed by atoms with Gasteiger partial charge in [-0.3, -0.25) is 0 Å². The van der Waals surface area contributed by atoms with Crippen LogP contribution in [0.4, 0.5) is 11.8 Å². The van der Waals surface area contributed by atoms with Crippen molar-refractivity contribution < 1.29 is 0 Å². The molecule has 0 radical (unpaired) electrons. The van der Waals surface area contributed by atoms with Crippen molar-refractivity contribution in [2.45, 2.75) is 70.3 Å². The lowest BCUT2D eigenvalue weighted by molar-refractivity contribution is 0.460. The fraction of sp³-hybridized carbons (Fsp3) is 0.706. The number of aromatic nitrogens is 3. The molecule has 1 aromatic rings. The largest absolute Gasteiger partial charge is 0.368 e. The minimum Gasteiger partial charge on any atom is -0.368 e. The van der Waals surface area contributed by atoms with E-state index >= 15 is 0 Å². The van der Waals surface area contributed by atoms with Gasteiger partial charge in [0.05, 0.1) is 6.20 Å².